The minimum Gasteiger partial charge on any atom is -0.480 e. The van der Waals surface area contributed by atoms with Crippen LogP contribution in [0.25, 0.3) is 0 Å². The molecule has 0 atom stereocenters. The van der Waals surface area contributed by atoms with Crippen LogP contribution in [0, 0.1) is 6.92 Å². The summed E-state index contributed by atoms with van der Waals surface area (Å²) in [5.74, 6) is -0.108. The Morgan fingerprint density at radius 2 is 2.06 bits per heavy atom. The molecular weight excluding hydrogens is 218 g/mol. The molecule has 0 spiro atoms. The topological polar surface area (TPSA) is 66.3 Å². The van der Waals surface area contributed by atoms with Crippen molar-refractivity contribution in [3.05, 3.63) is 18.1 Å². The van der Waals surface area contributed by atoms with Gasteiger partial charge in [-0.3, -0.25) is 9.78 Å². The Hall–Kier alpha value is -1.65. The number of aromatic nitrogens is 2. The zero-order valence-electron chi connectivity index (χ0n) is 9.96. The summed E-state index contributed by atoms with van der Waals surface area (Å²) in [6, 6.07) is 0.293. The smallest absolute Gasteiger partial charge is 0.323 e. The highest BCUT2D eigenvalue weighted by atomic mass is 16.4. The van der Waals surface area contributed by atoms with E-state index in [-0.39, 0.29) is 6.54 Å². The number of aryl methyl sites for hydroxylation is 1. The van der Waals surface area contributed by atoms with Gasteiger partial charge in [0.2, 0.25) is 0 Å². The predicted molar refractivity (Wildman–Crippen MR) is 64.0 cm³/mol. The molecule has 1 heterocycles. The van der Waals surface area contributed by atoms with Crippen molar-refractivity contribution in [2.45, 2.75) is 38.6 Å². The van der Waals surface area contributed by atoms with E-state index in [1.54, 1.807) is 12.4 Å². The molecule has 0 saturated heterocycles. The van der Waals surface area contributed by atoms with Crippen LogP contribution in [0.4, 0.5) is 5.82 Å². The molecule has 0 aromatic carbocycles. The molecule has 0 unspecified atom stereocenters. The first kappa shape index (κ1) is 11.8. The summed E-state index contributed by atoms with van der Waals surface area (Å²) in [7, 11) is 0. The normalized spacial score (nSPS) is 16.1. The molecule has 92 valence electrons. The van der Waals surface area contributed by atoms with Gasteiger partial charge in [0.15, 0.2) is 5.82 Å². The summed E-state index contributed by atoms with van der Waals surface area (Å²) in [5, 5.41) is 9.01. The molecule has 17 heavy (non-hydrogen) atoms. The molecule has 1 aromatic heterocycles. The van der Waals surface area contributed by atoms with Crippen LogP contribution in [0.1, 0.15) is 31.4 Å². The fraction of sp³-hybridized carbons (Fsp3) is 0.583. The van der Waals surface area contributed by atoms with Gasteiger partial charge in [-0.25, -0.2) is 4.98 Å². The van der Waals surface area contributed by atoms with Gasteiger partial charge in [0, 0.05) is 18.4 Å². The molecule has 0 amide bonds. The molecule has 1 aliphatic carbocycles. The van der Waals surface area contributed by atoms with Crippen LogP contribution in [-0.2, 0) is 4.79 Å². The van der Waals surface area contributed by atoms with E-state index in [4.69, 9.17) is 5.11 Å². The van der Waals surface area contributed by atoms with Gasteiger partial charge < -0.3 is 10.0 Å². The maximum Gasteiger partial charge on any atom is 0.323 e. The molecule has 1 saturated carbocycles. The summed E-state index contributed by atoms with van der Waals surface area (Å²) in [6.45, 7) is 1.87. The first-order valence-corrected chi connectivity index (χ1v) is 5.94. The molecular formula is C12H17N3O2. The SMILES string of the molecule is Cc1nccnc1N(CC(=O)O)C1CCCC1. The number of carboxylic acid groups (broad SMARTS) is 1. The monoisotopic (exact) mass is 235 g/mol. The number of nitrogens with zero attached hydrogens (tertiary/aromatic N) is 3. The van der Waals surface area contributed by atoms with E-state index in [1.807, 2.05) is 11.8 Å². The quantitative estimate of drug-likeness (QED) is 0.859. The highest BCUT2D eigenvalue weighted by Gasteiger charge is 2.26. The fourth-order valence-corrected chi connectivity index (χ4v) is 2.42. The van der Waals surface area contributed by atoms with Crippen molar-refractivity contribution < 1.29 is 9.90 Å². The third kappa shape index (κ3) is 2.72. The van der Waals surface area contributed by atoms with Gasteiger partial charge in [-0.2, -0.15) is 0 Å². The van der Waals surface area contributed by atoms with Crippen molar-refractivity contribution in [3.63, 3.8) is 0 Å². The van der Waals surface area contributed by atoms with Gasteiger partial charge in [0.25, 0.3) is 0 Å². The van der Waals surface area contributed by atoms with Gasteiger partial charge in [-0.15, -0.1) is 0 Å². The average Bonchev–Trinajstić information content (AvgIpc) is 2.80. The minimum atomic E-state index is -0.818. The van der Waals surface area contributed by atoms with Gasteiger partial charge in [0.05, 0.1) is 5.69 Å². The number of carboxylic acids is 1. The Labute approximate surface area is 100 Å². The van der Waals surface area contributed by atoms with Crippen molar-refractivity contribution in [2.24, 2.45) is 0 Å². The molecule has 0 bridgehead atoms. The number of anilines is 1. The zero-order chi connectivity index (χ0) is 12.3. The Morgan fingerprint density at radius 1 is 1.41 bits per heavy atom. The number of carbonyl (C=O) groups is 1. The molecule has 5 nitrogen and oxygen atoms in total. The van der Waals surface area contributed by atoms with Crippen LogP contribution < -0.4 is 4.90 Å². The molecule has 1 fully saturated rings. The van der Waals surface area contributed by atoms with E-state index in [1.165, 1.54) is 12.8 Å². The van der Waals surface area contributed by atoms with Crippen molar-refractivity contribution in [1.82, 2.24) is 9.97 Å². The van der Waals surface area contributed by atoms with Crippen molar-refractivity contribution in [2.75, 3.05) is 11.4 Å². The lowest BCUT2D eigenvalue weighted by Crippen LogP contribution is -2.38. The zero-order valence-corrected chi connectivity index (χ0v) is 9.96. The second kappa shape index (κ2) is 5.12. The predicted octanol–water partition coefficient (Wildman–Crippen LogP) is 1.62. The average molecular weight is 235 g/mol. The summed E-state index contributed by atoms with van der Waals surface area (Å²) in [6.07, 6.45) is 7.67. The number of hydrogen-bond donors (Lipinski definition) is 1. The first-order chi connectivity index (χ1) is 8.18. The minimum absolute atomic E-state index is 0.00417. The standard InChI is InChI=1S/C12H17N3O2/c1-9-12(14-7-6-13-9)15(8-11(16)17)10-4-2-3-5-10/h6-7,10H,2-5,8H2,1H3,(H,16,17). The van der Waals surface area contributed by atoms with Gasteiger partial charge >= 0.3 is 5.97 Å². The molecule has 5 heteroatoms. The van der Waals surface area contributed by atoms with Crippen LogP contribution in [0.2, 0.25) is 0 Å². The van der Waals surface area contributed by atoms with Crippen molar-refractivity contribution in [3.8, 4) is 0 Å². The van der Waals surface area contributed by atoms with Gasteiger partial charge in [0.1, 0.15) is 6.54 Å². The Kier molecular flexibility index (Phi) is 3.56. The van der Waals surface area contributed by atoms with E-state index >= 15 is 0 Å². The van der Waals surface area contributed by atoms with Crippen molar-refractivity contribution in [1.29, 1.82) is 0 Å². The molecule has 0 aliphatic heterocycles. The third-order valence-electron chi connectivity index (χ3n) is 3.20. The largest absolute Gasteiger partial charge is 0.480 e. The van der Waals surface area contributed by atoms with Crippen LogP contribution in [-0.4, -0.2) is 33.6 Å². The van der Waals surface area contributed by atoms with Crippen molar-refractivity contribution >= 4 is 11.8 Å². The molecule has 1 aliphatic rings. The van der Waals surface area contributed by atoms with Gasteiger partial charge in [-0.1, -0.05) is 12.8 Å². The van der Waals surface area contributed by atoms with Gasteiger partial charge in [-0.05, 0) is 19.8 Å². The molecule has 0 radical (unpaired) electrons. The van der Waals surface area contributed by atoms with E-state index in [0.29, 0.717) is 11.9 Å². The van der Waals surface area contributed by atoms with E-state index in [0.717, 1.165) is 18.5 Å². The molecule has 1 N–H and O–H groups in total. The molecule has 1 aromatic rings. The Morgan fingerprint density at radius 3 is 2.65 bits per heavy atom. The van der Waals surface area contributed by atoms with Crippen LogP contribution in [0.5, 0.6) is 0 Å². The highest BCUT2D eigenvalue weighted by molar-refractivity contribution is 5.73. The number of hydrogen-bond acceptors (Lipinski definition) is 4. The van der Waals surface area contributed by atoms with Crippen LogP contribution in [0.3, 0.4) is 0 Å². The summed E-state index contributed by atoms with van der Waals surface area (Å²) in [4.78, 5) is 21.3. The second-order valence-corrected chi connectivity index (χ2v) is 4.43. The first-order valence-electron chi connectivity index (χ1n) is 5.94. The third-order valence-corrected chi connectivity index (χ3v) is 3.20. The van der Waals surface area contributed by atoms with E-state index < -0.39 is 5.97 Å². The maximum absolute atomic E-state index is 11.0. The Bertz CT molecular complexity index is 402. The number of rotatable bonds is 4. The Balaban J connectivity index is 2.25. The lowest BCUT2D eigenvalue weighted by molar-refractivity contribution is -0.135. The summed E-state index contributed by atoms with van der Waals surface area (Å²) >= 11 is 0. The second-order valence-electron chi connectivity index (χ2n) is 4.43. The summed E-state index contributed by atoms with van der Waals surface area (Å²) in [5.41, 5.74) is 0.792. The lowest BCUT2D eigenvalue weighted by Gasteiger charge is -2.29. The van der Waals surface area contributed by atoms with E-state index in [9.17, 15) is 4.79 Å². The molecule has 2 rings (SSSR count). The lowest BCUT2D eigenvalue weighted by atomic mass is 10.2. The number of aliphatic carboxylic acids is 1. The maximum atomic E-state index is 11.0. The van der Waals surface area contributed by atoms with Crippen LogP contribution >= 0.6 is 0 Å². The van der Waals surface area contributed by atoms with Crippen LogP contribution in [0.15, 0.2) is 12.4 Å². The summed E-state index contributed by atoms with van der Waals surface area (Å²) < 4.78 is 0. The fourth-order valence-electron chi connectivity index (χ4n) is 2.42. The van der Waals surface area contributed by atoms with E-state index in [2.05, 4.69) is 9.97 Å². The highest BCUT2D eigenvalue weighted by Crippen LogP contribution is 2.27.